The number of rotatable bonds is 1. The van der Waals surface area contributed by atoms with E-state index >= 15 is 0 Å². The first-order valence-electron chi connectivity index (χ1n) is 9.42. The van der Waals surface area contributed by atoms with Gasteiger partial charge in [-0.3, -0.25) is 4.90 Å². The van der Waals surface area contributed by atoms with Crippen LogP contribution in [0, 0.1) is 0 Å². The second-order valence-corrected chi connectivity index (χ2v) is 8.52. The van der Waals surface area contributed by atoms with Crippen LogP contribution >= 0.6 is 0 Å². The molecular formula is C20H28N6. The van der Waals surface area contributed by atoms with Crippen molar-refractivity contribution in [1.82, 2.24) is 4.98 Å². The summed E-state index contributed by atoms with van der Waals surface area (Å²) in [7, 11) is 0. The van der Waals surface area contributed by atoms with E-state index in [1.54, 1.807) is 0 Å². The monoisotopic (exact) mass is 352 g/mol. The van der Waals surface area contributed by atoms with Crippen molar-refractivity contribution in [3.05, 3.63) is 30.0 Å². The first kappa shape index (κ1) is 16.9. The number of aromatic amines is 1. The molecule has 6 nitrogen and oxygen atoms in total. The third kappa shape index (κ3) is 2.73. The van der Waals surface area contributed by atoms with Crippen LogP contribution in [0.1, 0.15) is 58.6 Å². The predicted octanol–water partition coefficient (Wildman–Crippen LogP) is 3.58. The van der Waals surface area contributed by atoms with E-state index in [1.807, 2.05) is 0 Å². The number of nitrogens with one attached hydrogen (secondary N) is 1. The van der Waals surface area contributed by atoms with Crippen molar-refractivity contribution in [3.63, 3.8) is 0 Å². The fraction of sp³-hybridized carbons (Fsp3) is 0.500. The minimum Gasteiger partial charge on any atom is -0.369 e. The van der Waals surface area contributed by atoms with Gasteiger partial charge in [0, 0.05) is 27.7 Å². The highest BCUT2D eigenvalue weighted by Crippen LogP contribution is 2.40. The molecular weight excluding hydrogens is 324 g/mol. The van der Waals surface area contributed by atoms with Crippen molar-refractivity contribution >= 4 is 28.5 Å². The molecule has 0 saturated heterocycles. The number of H-pyrrole nitrogens is 1. The van der Waals surface area contributed by atoms with E-state index in [4.69, 9.17) is 16.5 Å². The highest BCUT2D eigenvalue weighted by atomic mass is 15.4. The molecule has 2 aromatic rings. The third-order valence-electron chi connectivity index (χ3n) is 5.52. The van der Waals surface area contributed by atoms with Gasteiger partial charge in [0.2, 0.25) is 11.9 Å². The molecule has 0 radical (unpaired) electrons. The highest BCUT2D eigenvalue weighted by Gasteiger charge is 2.42. The Morgan fingerprint density at radius 1 is 1.08 bits per heavy atom. The molecule has 1 aromatic heterocycles. The van der Waals surface area contributed by atoms with Gasteiger partial charge in [0.05, 0.1) is 0 Å². The molecule has 0 amide bonds. The SMILES string of the molecule is CC(C)(C)c1cc2cc(N3C(N)=NC(N)=NC34CCCCC4)ccc2[nH]1. The fourth-order valence-electron chi connectivity index (χ4n) is 4.16. The van der Waals surface area contributed by atoms with Gasteiger partial charge >= 0.3 is 0 Å². The second-order valence-electron chi connectivity index (χ2n) is 8.52. The zero-order chi connectivity index (χ0) is 18.5. The maximum absolute atomic E-state index is 6.33. The number of hydrogen-bond acceptors (Lipinski definition) is 5. The molecule has 2 heterocycles. The van der Waals surface area contributed by atoms with Gasteiger partial charge in [0.15, 0.2) is 0 Å². The molecule has 1 aliphatic carbocycles. The second kappa shape index (κ2) is 5.76. The standard InChI is InChI=1S/C20H28N6/c1-19(2,3)16-12-13-11-14(7-8-15(13)23-16)26-18(22)24-17(21)25-20(26)9-5-4-6-10-20/h7-8,11-12,23H,4-6,9-10H2,1-3H3,(H4,21,22,24,25). The van der Waals surface area contributed by atoms with Crippen molar-refractivity contribution < 1.29 is 0 Å². The summed E-state index contributed by atoms with van der Waals surface area (Å²) < 4.78 is 0. The molecule has 1 aliphatic heterocycles. The van der Waals surface area contributed by atoms with Gasteiger partial charge < -0.3 is 16.5 Å². The number of nitrogens with two attached hydrogens (primary N) is 2. The van der Waals surface area contributed by atoms with Gasteiger partial charge in [-0.05, 0) is 49.9 Å². The molecule has 26 heavy (non-hydrogen) atoms. The Morgan fingerprint density at radius 3 is 2.50 bits per heavy atom. The summed E-state index contributed by atoms with van der Waals surface area (Å²) in [5, 5.41) is 1.17. The number of aromatic nitrogens is 1. The molecule has 5 N–H and O–H groups in total. The quantitative estimate of drug-likeness (QED) is 0.732. The Hall–Kier alpha value is -2.50. The van der Waals surface area contributed by atoms with Gasteiger partial charge in [-0.1, -0.05) is 27.2 Å². The molecule has 0 atom stereocenters. The van der Waals surface area contributed by atoms with E-state index in [1.165, 1.54) is 17.5 Å². The summed E-state index contributed by atoms with van der Waals surface area (Å²) in [6, 6.07) is 8.62. The van der Waals surface area contributed by atoms with Crippen molar-refractivity contribution in [2.24, 2.45) is 21.5 Å². The average Bonchev–Trinajstić information content (AvgIpc) is 2.98. The molecule has 1 saturated carbocycles. The minimum absolute atomic E-state index is 0.0775. The fourth-order valence-corrected chi connectivity index (χ4v) is 4.16. The number of guanidine groups is 2. The lowest BCUT2D eigenvalue weighted by atomic mass is 9.87. The van der Waals surface area contributed by atoms with E-state index in [-0.39, 0.29) is 5.41 Å². The lowest BCUT2D eigenvalue weighted by Gasteiger charge is -2.45. The van der Waals surface area contributed by atoms with E-state index in [0.29, 0.717) is 11.9 Å². The van der Waals surface area contributed by atoms with Crippen LogP contribution in [0.15, 0.2) is 34.3 Å². The van der Waals surface area contributed by atoms with Gasteiger partial charge in [0.25, 0.3) is 0 Å². The van der Waals surface area contributed by atoms with Crippen LogP contribution in [0.5, 0.6) is 0 Å². The van der Waals surface area contributed by atoms with Crippen molar-refractivity contribution in [2.45, 2.75) is 64.0 Å². The minimum atomic E-state index is -0.398. The van der Waals surface area contributed by atoms with Crippen LogP contribution in [0.3, 0.4) is 0 Å². The Kier molecular flexibility index (Phi) is 3.75. The van der Waals surface area contributed by atoms with E-state index < -0.39 is 5.66 Å². The summed E-state index contributed by atoms with van der Waals surface area (Å²) in [4.78, 5) is 14.6. The molecule has 6 heteroatoms. The average molecular weight is 352 g/mol. The Bertz CT molecular complexity index is 893. The van der Waals surface area contributed by atoms with Crippen LogP contribution in [0.2, 0.25) is 0 Å². The predicted molar refractivity (Wildman–Crippen MR) is 109 cm³/mol. The smallest absolute Gasteiger partial charge is 0.220 e. The number of aliphatic imine (C=N–C) groups is 2. The molecule has 1 fully saturated rings. The molecule has 2 aliphatic rings. The molecule has 0 bridgehead atoms. The third-order valence-corrected chi connectivity index (χ3v) is 5.52. The van der Waals surface area contributed by atoms with Crippen molar-refractivity contribution in [1.29, 1.82) is 0 Å². The summed E-state index contributed by atoms with van der Waals surface area (Å²) in [5.74, 6) is 0.726. The normalized spacial score (nSPS) is 20.3. The number of benzene rings is 1. The van der Waals surface area contributed by atoms with Crippen molar-refractivity contribution in [3.8, 4) is 0 Å². The summed E-state index contributed by atoms with van der Waals surface area (Å²) in [6.07, 6.45) is 5.38. The zero-order valence-electron chi connectivity index (χ0n) is 15.8. The Morgan fingerprint density at radius 2 is 1.81 bits per heavy atom. The number of anilines is 1. The molecule has 138 valence electrons. The largest absolute Gasteiger partial charge is 0.369 e. The van der Waals surface area contributed by atoms with E-state index in [9.17, 15) is 0 Å². The first-order chi connectivity index (χ1) is 12.3. The maximum Gasteiger partial charge on any atom is 0.220 e. The molecule has 0 unspecified atom stereocenters. The zero-order valence-corrected chi connectivity index (χ0v) is 15.8. The van der Waals surface area contributed by atoms with Gasteiger partial charge in [-0.2, -0.15) is 4.99 Å². The van der Waals surface area contributed by atoms with Gasteiger partial charge in [-0.15, -0.1) is 0 Å². The van der Waals surface area contributed by atoms with Crippen LogP contribution in [-0.4, -0.2) is 22.6 Å². The van der Waals surface area contributed by atoms with Crippen LogP contribution in [0.4, 0.5) is 5.69 Å². The maximum atomic E-state index is 6.33. The van der Waals surface area contributed by atoms with E-state index in [2.05, 4.69) is 59.9 Å². The topological polar surface area (TPSA) is 95.8 Å². The summed E-state index contributed by atoms with van der Waals surface area (Å²) in [6.45, 7) is 6.63. The molecule has 4 rings (SSSR count). The first-order valence-corrected chi connectivity index (χ1v) is 9.42. The highest BCUT2D eigenvalue weighted by molar-refractivity contribution is 6.06. The number of nitrogens with zero attached hydrogens (tertiary/aromatic N) is 3. The van der Waals surface area contributed by atoms with Crippen LogP contribution in [0.25, 0.3) is 10.9 Å². The van der Waals surface area contributed by atoms with E-state index in [0.717, 1.165) is 36.9 Å². The molecule has 1 spiro atoms. The van der Waals surface area contributed by atoms with Gasteiger partial charge in [0.1, 0.15) is 5.66 Å². The van der Waals surface area contributed by atoms with Gasteiger partial charge in [-0.25, -0.2) is 4.99 Å². The summed E-state index contributed by atoms with van der Waals surface area (Å²) in [5.41, 5.74) is 15.4. The van der Waals surface area contributed by atoms with Crippen LogP contribution in [-0.2, 0) is 5.41 Å². The Labute approximate surface area is 154 Å². The number of fused-ring (bicyclic) bond motifs is 1. The molecule has 1 aromatic carbocycles. The van der Waals surface area contributed by atoms with Crippen molar-refractivity contribution in [2.75, 3.05) is 4.90 Å². The lowest BCUT2D eigenvalue weighted by Crippen LogP contribution is -2.58. The van der Waals surface area contributed by atoms with Crippen LogP contribution < -0.4 is 16.4 Å². The Balaban J connectivity index is 1.80. The number of hydrogen-bond donors (Lipinski definition) is 3. The summed E-state index contributed by atoms with van der Waals surface area (Å²) >= 11 is 0. The lowest BCUT2D eigenvalue weighted by molar-refractivity contribution is 0.305.